The Morgan fingerprint density at radius 3 is 2.26 bits per heavy atom. The Balaban J connectivity index is 1.48. The molecule has 1 N–H and O–H groups in total. The average molecular weight is 394 g/mol. The van der Waals surface area contributed by atoms with Crippen LogP contribution in [0.4, 0.5) is 5.69 Å². The minimum atomic E-state index is -3.04. The van der Waals surface area contributed by atoms with Crippen molar-refractivity contribution in [1.29, 1.82) is 0 Å². The van der Waals surface area contributed by atoms with Gasteiger partial charge < -0.3 is 10.2 Å². The van der Waals surface area contributed by atoms with Crippen molar-refractivity contribution in [3.05, 3.63) is 29.8 Å². The van der Waals surface area contributed by atoms with Gasteiger partial charge in [0.25, 0.3) is 0 Å². The van der Waals surface area contributed by atoms with E-state index >= 15 is 0 Å². The summed E-state index contributed by atoms with van der Waals surface area (Å²) in [6.07, 6.45) is 0.477. The molecule has 0 spiro atoms. The number of piperazine rings is 1. The van der Waals surface area contributed by atoms with Gasteiger partial charge in [0, 0.05) is 37.4 Å². The molecule has 27 heavy (non-hydrogen) atoms. The molecule has 2 fully saturated rings. The van der Waals surface area contributed by atoms with Crippen LogP contribution in [-0.4, -0.2) is 74.8 Å². The molecule has 0 aliphatic carbocycles. The maximum absolute atomic E-state index is 12.3. The van der Waals surface area contributed by atoms with Crippen LogP contribution in [0.2, 0.25) is 0 Å². The zero-order valence-corrected chi connectivity index (χ0v) is 16.7. The fourth-order valence-electron chi connectivity index (χ4n) is 3.76. The van der Waals surface area contributed by atoms with Gasteiger partial charge >= 0.3 is 0 Å². The van der Waals surface area contributed by atoms with E-state index in [2.05, 4.69) is 15.1 Å². The quantitative estimate of drug-likeness (QED) is 0.742. The van der Waals surface area contributed by atoms with Gasteiger partial charge in [-0.1, -0.05) is 0 Å². The molecule has 0 radical (unpaired) electrons. The molecule has 0 aromatic heterocycles. The number of carbonyl (C=O) groups excluding carboxylic acids is 2. The van der Waals surface area contributed by atoms with E-state index in [1.165, 1.54) is 0 Å². The van der Waals surface area contributed by atoms with Crippen molar-refractivity contribution in [2.24, 2.45) is 0 Å². The molecule has 3 rings (SSSR count). The smallest absolute Gasteiger partial charge is 0.234 e. The summed E-state index contributed by atoms with van der Waals surface area (Å²) in [5.41, 5.74) is 1.14. The highest BCUT2D eigenvalue weighted by atomic mass is 32.2. The highest BCUT2D eigenvalue weighted by molar-refractivity contribution is 7.91. The molecular formula is C19H27N3O4S. The fourth-order valence-corrected chi connectivity index (χ4v) is 5.85. The molecule has 0 unspecified atom stereocenters. The molecule has 2 aliphatic rings. The van der Waals surface area contributed by atoms with E-state index in [1.54, 1.807) is 13.8 Å². The first-order chi connectivity index (χ1) is 12.7. The summed E-state index contributed by atoms with van der Waals surface area (Å²) in [7, 11) is -3.04. The average Bonchev–Trinajstić information content (AvgIpc) is 2.88. The predicted molar refractivity (Wildman–Crippen MR) is 105 cm³/mol. The molecule has 1 aromatic rings. The minimum absolute atomic E-state index is 0.0236. The highest BCUT2D eigenvalue weighted by Crippen LogP contribution is 2.23. The first-order valence-electron chi connectivity index (χ1n) is 9.26. The predicted octanol–water partition coefficient (Wildman–Crippen LogP) is 0.705. The minimum Gasteiger partial charge on any atom is -0.369 e. The number of anilines is 1. The summed E-state index contributed by atoms with van der Waals surface area (Å²) in [6, 6.07) is 7.60. The van der Waals surface area contributed by atoms with Gasteiger partial charge in [-0.3, -0.25) is 14.5 Å². The maximum atomic E-state index is 12.3. The first-order valence-corrected chi connectivity index (χ1v) is 11.1. The number of amides is 1. The van der Waals surface area contributed by atoms with E-state index in [0.29, 0.717) is 12.0 Å². The number of rotatable bonds is 5. The van der Waals surface area contributed by atoms with Gasteiger partial charge in [-0.2, -0.15) is 0 Å². The molecule has 1 aromatic carbocycles. The fraction of sp³-hybridized carbons (Fsp3) is 0.579. The summed E-state index contributed by atoms with van der Waals surface area (Å²) in [6.45, 7) is 6.77. The van der Waals surface area contributed by atoms with Gasteiger partial charge in [-0.25, -0.2) is 8.42 Å². The van der Waals surface area contributed by atoms with E-state index in [-0.39, 0.29) is 29.7 Å². The lowest BCUT2D eigenvalue weighted by molar-refractivity contribution is -0.123. The number of nitrogens with one attached hydrogen (secondary N) is 1. The topological polar surface area (TPSA) is 86.8 Å². The zero-order chi connectivity index (χ0) is 19.7. The first kappa shape index (κ1) is 19.8. The summed E-state index contributed by atoms with van der Waals surface area (Å²) >= 11 is 0. The van der Waals surface area contributed by atoms with Crippen LogP contribution in [0.3, 0.4) is 0 Å². The number of sulfone groups is 1. The van der Waals surface area contributed by atoms with E-state index in [1.807, 2.05) is 24.3 Å². The second-order valence-electron chi connectivity index (χ2n) is 7.82. The van der Waals surface area contributed by atoms with Gasteiger partial charge in [-0.05, 0) is 44.5 Å². The van der Waals surface area contributed by atoms with Crippen molar-refractivity contribution in [3.8, 4) is 0 Å². The van der Waals surface area contributed by atoms with Crippen LogP contribution in [-0.2, 0) is 14.6 Å². The summed E-state index contributed by atoms with van der Waals surface area (Å²) in [5.74, 6) is 0.107. The van der Waals surface area contributed by atoms with Crippen molar-refractivity contribution >= 4 is 27.2 Å². The molecule has 0 saturated carbocycles. The molecule has 1 atom stereocenters. The highest BCUT2D eigenvalue weighted by Gasteiger charge is 2.39. The van der Waals surface area contributed by atoms with Crippen LogP contribution in [0.5, 0.6) is 0 Å². The molecule has 1 amide bonds. The molecule has 2 heterocycles. The lowest BCUT2D eigenvalue weighted by Crippen LogP contribution is -2.53. The van der Waals surface area contributed by atoms with Crippen molar-refractivity contribution in [3.63, 3.8) is 0 Å². The van der Waals surface area contributed by atoms with Crippen LogP contribution in [0.25, 0.3) is 0 Å². The Morgan fingerprint density at radius 1 is 1.11 bits per heavy atom. The summed E-state index contributed by atoms with van der Waals surface area (Å²) < 4.78 is 23.3. The Morgan fingerprint density at radius 2 is 1.74 bits per heavy atom. The van der Waals surface area contributed by atoms with Crippen LogP contribution >= 0.6 is 0 Å². The van der Waals surface area contributed by atoms with Crippen LogP contribution < -0.4 is 10.2 Å². The van der Waals surface area contributed by atoms with Gasteiger partial charge in [-0.15, -0.1) is 0 Å². The number of carbonyl (C=O) groups is 2. The zero-order valence-electron chi connectivity index (χ0n) is 15.9. The van der Waals surface area contributed by atoms with Gasteiger partial charge in [0.2, 0.25) is 5.91 Å². The van der Waals surface area contributed by atoms with Gasteiger partial charge in [0.1, 0.15) is 0 Å². The van der Waals surface area contributed by atoms with Gasteiger partial charge in [0.15, 0.2) is 15.6 Å². The lowest BCUT2D eigenvalue weighted by atomic mass is 10.0. The standard InChI is InChI=1S/C19H27N3O4S/c1-15(23)16-3-5-17(6-4-16)22-10-8-21(9-11-22)13-18(24)20-19(2)7-12-27(25,26)14-19/h3-6H,7-14H2,1-2H3,(H,20,24)/t19-/m0/s1. The molecule has 2 saturated heterocycles. The van der Waals surface area contributed by atoms with Crippen LogP contribution in [0.1, 0.15) is 30.6 Å². The van der Waals surface area contributed by atoms with Crippen molar-refractivity contribution < 1.29 is 18.0 Å². The Kier molecular flexibility index (Phi) is 5.58. The molecular weight excluding hydrogens is 366 g/mol. The molecule has 148 valence electrons. The second-order valence-corrected chi connectivity index (χ2v) is 10.0. The number of Topliss-reactive ketones (excluding diaryl/α,β-unsaturated/α-hetero) is 1. The maximum Gasteiger partial charge on any atom is 0.234 e. The number of hydrogen-bond acceptors (Lipinski definition) is 6. The second kappa shape index (κ2) is 7.59. The van der Waals surface area contributed by atoms with Crippen molar-refractivity contribution in [2.45, 2.75) is 25.8 Å². The monoisotopic (exact) mass is 393 g/mol. The lowest BCUT2D eigenvalue weighted by Gasteiger charge is -2.36. The van der Waals surface area contributed by atoms with Crippen LogP contribution in [0.15, 0.2) is 24.3 Å². The summed E-state index contributed by atoms with van der Waals surface area (Å²) in [5, 5.41) is 2.91. The van der Waals surface area contributed by atoms with E-state index in [0.717, 1.165) is 31.9 Å². The number of ketones is 1. The molecule has 0 bridgehead atoms. The third kappa shape index (κ3) is 5.07. The molecule has 8 heteroatoms. The van der Waals surface area contributed by atoms with Crippen molar-refractivity contribution in [1.82, 2.24) is 10.2 Å². The SMILES string of the molecule is CC(=O)c1ccc(N2CCN(CC(=O)N[C@@]3(C)CCS(=O)(=O)C3)CC2)cc1. The van der Waals surface area contributed by atoms with Gasteiger partial charge in [0.05, 0.1) is 23.6 Å². The van der Waals surface area contributed by atoms with E-state index in [9.17, 15) is 18.0 Å². The van der Waals surface area contributed by atoms with E-state index in [4.69, 9.17) is 0 Å². The number of hydrogen-bond donors (Lipinski definition) is 1. The molecule has 7 nitrogen and oxygen atoms in total. The largest absolute Gasteiger partial charge is 0.369 e. The Bertz CT molecular complexity index is 814. The number of nitrogens with zero attached hydrogens (tertiary/aromatic N) is 2. The third-order valence-electron chi connectivity index (χ3n) is 5.32. The molecule has 2 aliphatic heterocycles. The third-order valence-corrected chi connectivity index (χ3v) is 7.23. The summed E-state index contributed by atoms with van der Waals surface area (Å²) in [4.78, 5) is 28.0. The van der Waals surface area contributed by atoms with Crippen LogP contribution in [0, 0.1) is 0 Å². The Hall–Kier alpha value is -1.93. The normalized spacial score (nSPS) is 25.3. The Labute approximate surface area is 160 Å². The van der Waals surface area contributed by atoms with E-state index < -0.39 is 15.4 Å². The van der Waals surface area contributed by atoms with Crippen molar-refractivity contribution in [2.75, 3.05) is 49.1 Å². The number of benzene rings is 1.